The average molecular weight is 350 g/mol. The molecule has 0 radical (unpaired) electrons. The van der Waals surface area contributed by atoms with Crippen LogP contribution in [0.3, 0.4) is 0 Å². The molecule has 1 fully saturated rings. The predicted octanol–water partition coefficient (Wildman–Crippen LogP) is 4.27. The maximum absolute atomic E-state index is 12.4. The lowest BCUT2D eigenvalue weighted by Crippen LogP contribution is -2.35. The van der Waals surface area contributed by atoms with Crippen molar-refractivity contribution < 1.29 is 22.7 Å². The number of nitrogens with zero attached hydrogens (tertiary/aromatic N) is 2. The Kier molecular flexibility index (Phi) is 4.92. The molecule has 1 aromatic carbocycles. The molecule has 0 aliphatic carbocycles. The van der Waals surface area contributed by atoms with Gasteiger partial charge >= 0.3 is 6.36 Å². The molecule has 0 saturated carbocycles. The lowest BCUT2D eigenvalue weighted by atomic mass is 10.1. The average Bonchev–Trinajstić information content (AvgIpc) is 2.61. The number of amides is 1. The number of alkyl halides is 3. The number of likely N-dealkylation sites (tertiary alicyclic amines) is 1. The van der Waals surface area contributed by atoms with E-state index in [4.69, 9.17) is 0 Å². The number of piperidine rings is 1. The number of hydrogen-bond donors (Lipinski definition) is 0. The van der Waals surface area contributed by atoms with Crippen LogP contribution in [0.15, 0.2) is 42.6 Å². The van der Waals surface area contributed by atoms with Crippen LogP contribution in [0.2, 0.25) is 0 Å². The van der Waals surface area contributed by atoms with Crippen LogP contribution in [0, 0.1) is 0 Å². The summed E-state index contributed by atoms with van der Waals surface area (Å²) < 4.78 is 40.9. The van der Waals surface area contributed by atoms with Crippen LogP contribution < -0.4 is 4.74 Å². The van der Waals surface area contributed by atoms with Crippen LogP contribution >= 0.6 is 0 Å². The fourth-order valence-electron chi connectivity index (χ4n) is 2.82. The third kappa shape index (κ3) is 4.49. The summed E-state index contributed by atoms with van der Waals surface area (Å²) in [5, 5.41) is 0. The van der Waals surface area contributed by atoms with E-state index in [-0.39, 0.29) is 11.7 Å². The molecule has 3 rings (SSSR count). The second-order valence-electron chi connectivity index (χ2n) is 5.86. The SMILES string of the molecule is O=C(c1ccc(-c2cccc(OC(F)(F)F)c2)nc1)N1CCCCC1. The van der Waals surface area contributed by atoms with Crippen LogP contribution in [0.5, 0.6) is 5.75 Å². The molecule has 1 saturated heterocycles. The highest BCUT2D eigenvalue weighted by atomic mass is 19.4. The molecule has 2 heterocycles. The van der Waals surface area contributed by atoms with Gasteiger partial charge in [-0.1, -0.05) is 12.1 Å². The number of hydrogen-bond acceptors (Lipinski definition) is 3. The standard InChI is InChI=1S/C18H17F3N2O2/c19-18(20,21)25-15-6-4-5-13(11-15)16-8-7-14(12-22-16)17(24)23-9-2-1-3-10-23/h4-8,11-12H,1-3,9-10H2. The van der Waals surface area contributed by atoms with Crippen molar-refractivity contribution >= 4 is 5.91 Å². The minimum Gasteiger partial charge on any atom is -0.406 e. The molecule has 0 atom stereocenters. The molecule has 2 aromatic rings. The summed E-state index contributed by atoms with van der Waals surface area (Å²) >= 11 is 0. The van der Waals surface area contributed by atoms with E-state index in [9.17, 15) is 18.0 Å². The zero-order valence-electron chi connectivity index (χ0n) is 13.4. The molecule has 1 aliphatic rings. The van der Waals surface area contributed by atoms with Gasteiger partial charge in [-0.25, -0.2) is 0 Å². The van der Waals surface area contributed by atoms with E-state index in [2.05, 4.69) is 9.72 Å². The molecular formula is C18H17F3N2O2. The van der Waals surface area contributed by atoms with Gasteiger partial charge in [0.25, 0.3) is 5.91 Å². The molecule has 1 amide bonds. The summed E-state index contributed by atoms with van der Waals surface area (Å²) in [7, 11) is 0. The predicted molar refractivity (Wildman–Crippen MR) is 86.1 cm³/mol. The fraction of sp³-hybridized carbons (Fsp3) is 0.333. The van der Waals surface area contributed by atoms with E-state index in [0.717, 1.165) is 32.4 Å². The van der Waals surface area contributed by atoms with Gasteiger partial charge < -0.3 is 9.64 Å². The molecule has 0 N–H and O–H groups in total. The van der Waals surface area contributed by atoms with Crippen molar-refractivity contribution in [1.82, 2.24) is 9.88 Å². The van der Waals surface area contributed by atoms with Gasteiger partial charge in [-0.3, -0.25) is 9.78 Å². The molecule has 4 nitrogen and oxygen atoms in total. The summed E-state index contributed by atoms with van der Waals surface area (Å²) in [6.45, 7) is 1.49. The molecule has 132 valence electrons. The van der Waals surface area contributed by atoms with Crippen molar-refractivity contribution in [3.8, 4) is 17.0 Å². The Hall–Kier alpha value is -2.57. The fourth-order valence-corrected chi connectivity index (χ4v) is 2.82. The molecule has 7 heteroatoms. The van der Waals surface area contributed by atoms with Crippen molar-refractivity contribution in [2.24, 2.45) is 0 Å². The molecule has 1 aliphatic heterocycles. The van der Waals surface area contributed by atoms with Crippen molar-refractivity contribution in [1.29, 1.82) is 0 Å². The first-order valence-electron chi connectivity index (χ1n) is 8.04. The third-order valence-electron chi connectivity index (χ3n) is 4.02. The first kappa shape index (κ1) is 17.3. The Bertz CT molecular complexity index is 739. The summed E-state index contributed by atoms with van der Waals surface area (Å²) in [5.74, 6) is -0.367. The van der Waals surface area contributed by atoms with Gasteiger partial charge in [-0.05, 0) is 43.5 Å². The minimum absolute atomic E-state index is 0.0621. The number of halogens is 3. The zero-order valence-corrected chi connectivity index (χ0v) is 13.4. The van der Waals surface area contributed by atoms with E-state index >= 15 is 0 Å². The van der Waals surface area contributed by atoms with E-state index in [1.54, 1.807) is 23.1 Å². The van der Waals surface area contributed by atoms with E-state index in [1.165, 1.54) is 24.4 Å². The summed E-state index contributed by atoms with van der Waals surface area (Å²) in [6.07, 6.45) is -0.135. The maximum atomic E-state index is 12.4. The Morgan fingerprint density at radius 1 is 1.08 bits per heavy atom. The van der Waals surface area contributed by atoms with Gasteiger partial charge in [0, 0.05) is 24.8 Å². The van der Waals surface area contributed by atoms with Crippen LogP contribution in [0.4, 0.5) is 13.2 Å². The topological polar surface area (TPSA) is 42.4 Å². The lowest BCUT2D eigenvalue weighted by molar-refractivity contribution is -0.274. The zero-order chi connectivity index (χ0) is 17.9. The normalized spacial score (nSPS) is 15.1. The van der Waals surface area contributed by atoms with Gasteiger partial charge in [0.2, 0.25) is 0 Å². The Morgan fingerprint density at radius 3 is 2.48 bits per heavy atom. The largest absolute Gasteiger partial charge is 0.573 e. The molecule has 1 aromatic heterocycles. The van der Waals surface area contributed by atoms with Gasteiger partial charge in [-0.2, -0.15) is 0 Å². The number of aromatic nitrogens is 1. The van der Waals surface area contributed by atoms with Gasteiger partial charge in [0.1, 0.15) is 5.75 Å². The minimum atomic E-state index is -4.74. The van der Waals surface area contributed by atoms with E-state index in [0.29, 0.717) is 16.8 Å². The Morgan fingerprint density at radius 2 is 1.84 bits per heavy atom. The highest BCUT2D eigenvalue weighted by molar-refractivity contribution is 5.94. The highest BCUT2D eigenvalue weighted by Crippen LogP contribution is 2.27. The van der Waals surface area contributed by atoms with Crippen molar-refractivity contribution in [3.05, 3.63) is 48.2 Å². The first-order valence-corrected chi connectivity index (χ1v) is 8.04. The molecular weight excluding hydrogens is 333 g/mol. The lowest BCUT2D eigenvalue weighted by Gasteiger charge is -2.26. The number of rotatable bonds is 3. The second kappa shape index (κ2) is 7.13. The number of benzene rings is 1. The number of carbonyl (C=O) groups is 1. The van der Waals surface area contributed by atoms with Crippen molar-refractivity contribution in [2.75, 3.05) is 13.1 Å². The van der Waals surface area contributed by atoms with Crippen LogP contribution in [-0.2, 0) is 0 Å². The van der Waals surface area contributed by atoms with Crippen LogP contribution in [-0.4, -0.2) is 35.2 Å². The number of carbonyl (C=O) groups excluding carboxylic acids is 1. The van der Waals surface area contributed by atoms with Crippen LogP contribution in [0.25, 0.3) is 11.3 Å². The number of ether oxygens (including phenoxy) is 1. The van der Waals surface area contributed by atoms with Gasteiger partial charge in [0.05, 0.1) is 11.3 Å². The first-order chi connectivity index (χ1) is 11.9. The second-order valence-corrected chi connectivity index (χ2v) is 5.86. The quantitative estimate of drug-likeness (QED) is 0.830. The number of pyridine rings is 1. The van der Waals surface area contributed by atoms with Gasteiger partial charge in [0.15, 0.2) is 0 Å². The summed E-state index contributed by atoms with van der Waals surface area (Å²) in [4.78, 5) is 18.4. The smallest absolute Gasteiger partial charge is 0.406 e. The third-order valence-corrected chi connectivity index (χ3v) is 4.02. The summed E-state index contributed by atoms with van der Waals surface area (Å²) in [6, 6.07) is 8.87. The van der Waals surface area contributed by atoms with Crippen LogP contribution in [0.1, 0.15) is 29.6 Å². The highest BCUT2D eigenvalue weighted by Gasteiger charge is 2.31. The van der Waals surface area contributed by atoms with Gasteiger partial charge in [-0.15, -0.1) is 13.2 Å². The van der Waals surface area contributed by atoms with E-state index in [1.807, 2.05) is 0 Å². The van der Waals surface area contributed by atoms with Crippen molar-refractivity contribution in [2.45, 2.75) is 25.6 Å². The Labute approximate surface area is 143 Å². The molecule has 25 heavy (non-hydrogen) atoms. The van der Waals surface area contributed by atoms with E-state index < -0.39 is 6.36 Å². The monoisotopic (exact) mass is 350 g/mol. The molecule has 0 bridgehead atoms. The van der Waals surface area contributed by atoms with Crippen molar-refractivity contribution in [3.63, 3.8) is 0 Å². The molecule has 0 unspecified atom stereocenters. The Balaban J connectivity index is 1.76. The summed E-state index contributed by atoms with van der Waals surface area (Å²) in [5.41, 5.74) is 1.44. The molecule has 0 spiro atoms. The maximum Gasteiger partial charge on any atom is 0.573 e.